The summed E-state index contributed by atoms with van der Waals surface area (Å²) in [7, 11) is 0. The van der Waals surface area contributed by atoms with Crippen LogP contribution in [-0.4, -0.2) is 18.4 Å². The molecule has 3 nitrogen and oxygen atoms in total. The molecule has 1 fully saturated rings. The standard InChI is InChI=1S/C15H26O3/c1-10(2)6-7-18-14(17)15(4,5)13-8-12(9-13)11(3)16/h10,12-13H,6-9H2,1-5H3. The van der Waals surface area contributed by atoms with Crippen molar-refractivity contribution in [1.29, 1.82) is 0 Å². The predicted octanol–water partition coefficient (Wildman–Crippen LogP) is 3.22. The van der Waals surface area contributed by atoms with Gasteiger partial charge in [-0.15, -0.1) is 0 Å². The van der Waals surface area contributed by atoms with Crippen LogP contribution in [0.4, 0.5) is 0 Å². The van der Waals surface area contributed by atoms with Gasteiger partial charge in [-0.2, -0.15) is 0 Å². The quantitative estimate of drug-likeness (QED) is 0.684. The number of esters is 1. The Hall–Kier alpha value is -0.860. The van der Waals surface area contributed by atoms with E-state index in [-0.39, 0.29) is 23.6 Å². The van der Waals surface area contributed by atoms with E-state index in [1.165, 1.54) is 0 Å². The fourth-order valence-corrected chi connectivity index (χ4v) is 2.28. The number of carbonyl (C=O) groups excluding carboxylic acids is 2. The largest absolute Gasteiger partial charge is 0.465 e. The maximum Gasteiger partial charge on any atom is 0.311 e. The van der Waals surface area contributed by atoms with Crippen molar-refractivity contribution in [2.45, 2.75) is 53.9 Å². The van der Waals surface area contributed by atoms with Crippen molar-refractivity contribution in [2.75, 3.05) is 6.61 Å². The van der Waals surface area contributed by atoms with E-state index < -0.39 is 5.41 Å². The minimum Gasteiger partial charge on any atom is -0.465 e. The topological polar surface area (TPSA) is 43.4 Å². The molecule has 1 aliphatic carbocycles. The van der Waals surface area contributed by atoms with Gasteiger partial charge in [0.05, 0.1) is 12.0 Å². The van der Waals surface area contributed by atoms with E-state index >= 15 is 0 Å². The van der Waals surface area contributed by atoms with Crippen molar-refractivity contribution < 1.29 is 14.3 Å². The van der Waals surface area contributed by atoms with Crippen LogP contribution in [0.1, 0.15) is 53.9 Å². The van der Waals surface area contributed by atoms with Crippen molar-refractivity contribution >= 4 is 11.8 Å². The molecule has 0 radical (unpaired) electrons. The summed E-state index contributed by atoms with van der Waals surface area (Å²) < 4.78 is 5.35. The minimum absolute atomic E-state index is 0.116. The second-order valence-electron chi connectivity index (χ2n) is 6.52. The van der Waals surface area contributed by atoms with Gasteiger partial charge in [-0.3, -0.25) is 9.59 Å². The van der Waals surface area contributed by atoms with Crippen LogP contribution in [0.15, 0.2) is 0 Å². The highest BCUT2D eigenvalue weighted by Crippen LogP contribution is 2.46. The summed E-state index contributed by atoms with van der Waals surface area (Å²) in [5.74, 6) is 1.13. The predicted molar refractivity (Wildman–Crippen MR) is 71.1 cm³/mol. The lowest BCUT2D eigenvalue weighted by molar-refractivity contribution is -0.162. The highest BCUT2D eigenvalue weighted by atomic mass is 16.5. The van der Waals surface area contributed by atoms with E-state index in [2.05, 4.69) is 13.8 Å². The first kappa shape index (κ1) is 15.2. The van der Waals surface area contributed by atoms with Gasteiger partial charge in [0.15, 0.2) is 0 Å². The summed E-state index contributed by atoms with van der Waals surface area (Å²) in [6, 6.07) is 0. The summed E-state index contributed by atoms with van der Waals surface area (Å²) in [6.45, 7) is 10.2. The normalized spacial score (nSPS) is 23.7. The number of hydrogen-bond donors (Lipinski definition) is 0. The molecule has 0 spiro atoms. The molecule has 0 heterocycles. The average molecular weight is 254 g/mol. The van der Waals surface area contributed by atoms with Gasteiger partial charge in [-0.25, -0.2) is 0 Å². The molecule has 0 atom stereocenters. The third kappa shape index (κ3) is 3.56. The number of carbonyl (C=O) groups is 2. The van der Waals surface area contributed by atoms with Crippen molar-refractivity contribution in [1.82, 2.24) is 0 Å². The summed E-state index contributed by atoms with van der Waals surface area (Å²) in [5, 5.41) is 0. The molecule has 1 saturated carbocycles. The average Bonchev–Trinajstić information content (AvgIpc) is 2.12. The molecular formula is C15H26O3. The van der Waals surface area contributed by atoms with Crippen molar-refractivity contribution in [2.24, 2.45) is 23.2 Å². The van der Waals surface area contributed by atoms with Crippen LogP contribution in [0.5, 0.6) is 0 Å². The summed E-state index contributed by atoms with van der Waals surface area (Å²) in [5.41, 5.74) is -0.455. The fourth-order valence-electron chi connectivity index (χ4n) is 2.28. The fraction of sp³-hybridized carbons (Fsp3) is 0.867. The van der Waals surface area contributed by atoms with Crippen LogP contribution in [0.2, 0.25) is 0 Å². The number of hydrogen-bond acceptors (Lipinski definition) is 3. The van der Waals surface area contributed by atoms with E-state index in [4.69, 9.17) is 4.74 Å². The molecule has 104 valence electrons. The zero-order valence-corrected chi connectivity index (χ0v) is 12.3. The minimum atomic E-state index is -0.455. The van der Waals surface area contributed by atoms with Crippen molar-refractivity contribution in [3.8, 4) is 0 Å². The van der Waals surface area contributed by atoms with Crippen LogP contribution in [0.25, 0.3) is 0 Å². The van der Waals surface area contributed by atoms with Crippen LogP contribution < -0.4 is 0 Å². The first-order valence-electron chi connectivity index (χ1n) is 6.92. The third-order valence-corrected chi connectivity index (χ3v) is 4.19. The maximum atomic E-state index is 12.0. The smallest absolute Gasteiger partial charge is 0.311 e. The van der Waals surface area contributed by atoms with Gasteiger partial charge in [-0.1, -0.05) is 13.8 Å². The third-order valence-electron chi connectivity index (χ3n) is 4.19. The maximum absolute atomic E-state index is 12.0. The Labute approximate surface area is 110 Å². The van der Waals surface area contributed by atoms with E-state index in [1.807, 2.05) is 13.8 Å². The van der Waals surface area contributed by atoms with Crippen molar-refractivity contribution in [3.63, 3.8) is 0 Å². The zero-order chi connectivity index (χ0) is 13.9. The molecule has 0 aromatic carbocycles. The Bertz CT molecular complexity index is 312. The lowest BCUT2D eigenvalue weighted by Gasteiger charge is -2.42. The molecule has 0 amide bonds. The van der Waals surface area contributed by atoms with Crippen LogP contribution in [0, 0.1) is 23.2 Å². The molecule has 0 aromatic heterocycles. The molecular weight excluding hydrogens is 228 g/mol. The molecule has 0 aliphatic heterocycles. The van der Waals surface area contributed by atoms with Gasteiger partial charge in [0.1, 0.15) is 5.78 Å². The first-order chi connectivity index (χ1) is 8.25. The number of ketones is 1. The van der Waals surface area contributed by atoms with Gasteiger partial charge in [0, 0.05) is 5.92 Å². The van der Waals surface area contributed by atoms with E-state index in [0.29, 0.717) is 12.5 Å². The number of Topliss-reactive ketones (excluding diaryl/α,β-unsaturated/α-hetero) is 1. The van der Waals surface area contributed by atoms with Gasteiger partial charge < -0.3 is 4.74 Å². The highest BCUT2D eigenvalue weighted by molar-refractivity contribution is 5.81. The second-order valence-corrected chi connectivity index (χ2v) is 6.52. The van der Waals surface area contributed by atoms with Gasteiger partial charge >= 0.3 is 5.97 Å². The van der Waals surface area contributed by atoms with Gasteiger partial charge in [0.25, 0.3) is 0 Å². The van der Waals surface area contributed by atoms with Crippen LogP contribution in [-0.2, 0) is 14.3 Å². The first-order valence-corrected chi connectivity index (χ1v) is 6.92. The van der Waals surface area contributed by atoms with Crippen LogP contribution in [0.3, 0.4) is 0 Å². The van der Waals surface area contributed by atoms with E-state index in [9.17, 15) is 9.59 Å². The second kappa shape index (κ2) is 5.85. The molecule has 3 heteroatoms. The van der Waals surface area contributed by atoms with E-state index in [1.54, 1.807) is 6.92 Å². The summed E-state index contributed by atoms with van der Waals surface area (Å²) in [6.07, 6.45) is 2.58. The monoisotopic (exact) mass is 254 g/mol. The number of ether oxygens (including phenoxy) is 1. The highest BCUT2D eigenvalue weighted by Gasteiger charge is 2.46. The Balaban J connectivity index is 2.39. The lowest BCUT2D eigenvalue weighted by Crippen LogP contribution is -2.43. The number of rotatable bonds is 6. The Kier molecular flexibility index (Phi) is 4.94. The zero-order valence-electron chi connectivity index (χ0n) is 12.3. The molecule has 0 aromatic rings. The molecule has 1 aliphatic rings. The Morgan fingerprint density at radius 3 is 2.28 bits per heavy atom. The molecule has 0 N–H and O–H groups in total. The van der Waals surface area contributed by atoms with Gasteiger partial charge in [-0.05, 0) is 51.9 Å². The molecule has 0 unspecified atom stereocenters. The van der Waals surface area contributed by atoms with Gasteiger partial charge in [0.2, 0.25) is 0 Å². The van der Waals surface area contributed by atoms with Crippen molar-refractivity contribution in [3.05, 3.63) is 0 Å². The van der Waals surface area contributed by atoms with Crippen LogP contribution >= 0.6 is 0 Å². The summed E-state index contributed by atoms with van der Waals surface area (Å²) >= 11 is 0. The lowest BCUT2D eigenvalue weighted by atomic mass is 9.61. The SMILES string of the molecule is CC(=O)C1CC(C(C)(C)C(=O)OCCC(C)C)C1. The van der Waals surface area contributed by atoms with E-state index in [0.717, 1.165) is 19.3 Å². The Morgan fingerprint density at radius 2 is 1.83 bits per heavy atom. The molecule has 0 saturated heterocycles. The molecule has 1 rings (SSSR count). The molecule has 0 bridgehead atoms. The Morgan fingerprint density at radius 1 is 1.28 bits per heavy atom. The molecule has 18 heavy (non-hydrogen) atoms. The summed E-state index contributed by atoms with van der Waals surface area (Å²) in [4.78, 5) is 23.2.